The van der Waals surface area contributed by atoms with E-state index in [4.69, 9.17) is 22.1 Å². The molecule has 11 heteroatoms. The van der Waals surface area contributed by atoms with Gasteiger partial charge in [-0.15, -0.1) is 0 Å². The third-order valence-corrected chi connectivity index (χ3v) is 5.76. The number of nitrogens with two attached hydrogens (primary N) is 1. The Labute approximate surface area is 189 Å². The van der Waals surface area contributed by atoms with Gasteiger partial charge in [-0.2, -0.15) is 0 Å². The molecule has 1 saturated heterocycles. The molecule has 3 N–H and O–H groups in total. The number of likely N-dealkylation sites (tertiary alicyclic amines) is 1. The van der Waals surface area contributed by atoms with Crippen LogP contribution in [0.1, 0.15) is 35.2 Å². The summed E-state index contributed by atoms with van der Waals surface area (Å²) in [6.45, 7) is 1.28. The summed E-state index contributed by atoms with van der Waals surface area (Å²) < 4.78 is 44.4. The second-order valence-corrected chi connectivity index (χ2v) is 8.17. The highest BCUT2D eigenvalue weighted by Gasteiger charge is 2.46. The molecule has 2 heterocycles. The number of primary amides is 1. The fourth-order valence-electron chi connectivity index (χ4n) is 3.84. The lowest BCUT2D eigenvalue weighted by Gasteiger charge is -2.44. The molecule has 2 aromatic rings. The summed E-state index contributed by atoms with van der Waals surface area (Å²) in [4.78, 5) is 21.0. The third kappa shape index (κ3) is 5.13. The molecule has 0 spiro atoms. The zero-order valence-electron chi connectivity index (χ0n) is 17.8. The Kier molecular flexibility index (Phi) is 7.58. The Morgan fingerprint density at radius 1 is 1.34 bits per heavy atom. The fraction of sp³-hybridized carbons (Fsp3) is 0.476. The van der Waals surface area contributed by atoms with Crippen molar-refractivity contribution >= 4 is 23.3 Å². The molecule has 1 amide bonds. The number of rotatable bonds is 6. The van der Waals surface area contributed by atoms with E-state index in [0.717, 1.165) is 36.6 Å². The van der Waals surface area contributed by atoms with E-state index in [0.29, 0.717) is 18.9 Å². The molecule has 1 fully saturated rings. The molecule has 0 saturated carbocycles. The zero-order chi connectivity index (χ0) is 23.5. The number of aryl methyl sites for hydroxylation is 1. The van der Waals surface area contributed by atoms with Gasteiger partial charge in [0, 0.05) is 37.9 Å². The number of nitrogens with one attached hydrogen (secondary N) is 1. The van der Waals surface area contributed by atoms with Gasteiger partial charge in [0.2, 0.25) is 5.28 Å². The number of carbonyl (C=O) groups excluding carboxylic acids is 1. The first-order valence-corrected chi connectivity index (χ1v) is 10.4. The zero-order valence-corrected chi connectivity index (χ0v) is 18.6. The van der Waals surface area contributed by atoms with Crippen LogP contribution in [0.15, 0.2) is 18.2 Å². The van der Waals surface area contributed by atoms with Gasteiger partial charge in [-0.25, -0.2) is 23.1 Å². The van der Waals surface area contributed by atoms with Crippen LogP contribution in [0.4, 0.5) is 19.0 Å². The molecule has 0 atom stereocenters. The first-order valence-electron chi connectivity index (χ1n) is 10.0. The van der Waals surface area contributed by atoms with Crippen LogP contribution in [0.3, 0.4) is 0 Å². The lowest BCUT2D eigenvalue weighted by molar-refractivity contribution is -0.160. The number of carbonyl (C=O) groups is 1. The van der Waals surface area contributed by atoms with Gasteiger partial charge in [0.05, 0.1) is 11.3 Å². The van der Waals surface area contributed by atoms with Gasteiger partial charge in [-0.05, 0) is 37.9 Å². The van der Waals surface area contributed by atoms with E-state index in [2.05, 4.69) is 15.3 Å². The van der Waals surface area contributed by atoms with Crippen molar-refractivity contribution in [3.63, 3.8) is 0 Å². The Morgan fingerprint density at radius 3 is 2.62 bits per heavy atom. The van der Waals surface area contributed by atoms with Crippen molar-refractivity contribution < 1.29 is 22.7 Å². The Balaban J connectivity index is 0.000000243. The number of ether oxygens (including phenoxy) is 1. The molecule has 32 heavy (non-hydrogen) atoms. The topological polar surface area (TPSA) is 93.4 Å². The van der Waals surface area contributed by atoms with Gasteiger partial charge in [0.15, 0.2) is 5.60 Å². The van der Waals surface area contributed by atoms with Crippen molar-refractivity contribution in [2.24, 2.45) is 5.73 Å². The SMILES string of the molecule is COC1(C(N)=O)CN(C)C1.Fc1c(CNc2nc(Cl)nc3c2CCC3)cccc1C(F)F. The number of anilines is 1. The molecule has 4 rings (SSSR count). The lowest BCUT2D eigenvalue weighted by Crippen LogP contribution is -2.67. The number of methoxy groups -OCH3 is 1. The summed E-state index contributed by atoms with van der Waals surface area (Å²) in [6, 6.07) is 3.97. The number of hydrogen-bond acceptors (Lipinski definition) is 6. The minimum atomic E-state index is -2.84. The van der Waals surface area contributed by atoms with Crippen molar-refractivity contribution in [2.75, 3.05) is 32.6 Å². The predicted octanol–water partition coefficient (Wildman–Crippen LogP) is 3.11. The summed E-state index contributed by atoms with van der Waals surface area (Å²) in [5, 5.41) is 3.12. The molecular weight excluding hydrogens is 447 g/mol. The standard InChI is InChI=1S/C15H13ClF3N3.C6H12N2O2/c16-15-21-11-6-2-4-9(11)14(22-15)20-7-8-3-1-5-10(12(8)17)13(18)19;1-8-3-6(4-8,10-2)5(7)9/h1,3,5,13H,2,4,6-7H2,(H,20,21,22);3-4H2,1-2H3,(H2,7,9). The maximum atomic E-state index is 14.0. The van der Waals surface area contributed by atoms with Gasteiger partial charge < -0.3 is 15.8 Å². The van der Waals surface area contributed by atoms with Crippen LogP contribution < -0.4 is 11.1 Å². The van der Waals surface area contributed by atoms with Crippen LogP contribution in [0, 0.1) is 5.82 Å². The van der Waals surface area contributed by atoms with Gasteiger partial charge in [-0.3, -0.25) is 9.69 Å². The first kappa shape index (κ1) is 24.2. The highest BCUT2D eigenvalue weighted by molar-refractivity contribution is 6.28. The van der Waals surface area contributed by atoms with E-state index < -0.39 is 23.4 Å². The Bertz CT molecular complexity index is 986. The molecule has 0 radical (unpaired) electrons. The van der Waals surface area contributed by atoms with Gasteiger partial charge in [0.25, 0.3) is 12.3 Å². The number of fused-ring (bicyclic) bond motifs is 1. The minimum Gasteiger partial charge on any atom is -0.367 e. The molecule has 0 unspecified atom stereocenters. The van der Waals surface area contributed by atoms with Crippen molar-refractivity contribution in [3.05, 3.63) is 51.7 Å². The first-order chi connectivity index (χ1) is 15.2. The molecule has 1 aliphatic carbocycles. The van der Waals surface area contributed by atoms with Gasteiger partial charge >= 0.3 is 0 Å². The number of benzene rings is 1. The summed E-state index contributed by atoms with van der Waals surface area (Å²) in [7, 11) is 3.43. The summed E-state index contributed by atoms with van der Waals surface area (Å²) in [5.74, 6) is -0.704. The number of alkyl halides is 2. The number of halogens is 4. The lowest BCUT2D eigenvalue weighted by atomic mass is 9.94. The van der Waals surface area contributed by atoms with E-state index in [-0.39, 0.29) is 23.3 Å². The number of likely N-dealkylation sites (N-methyl/N-ethyl adjacent to an activating group) is 1. The quantitative estimate of drug-likeness (QED) is 0.629. The Hall–Kier alpha value is -2.43. The highest BCUT2D eigenvalue weighted by Crippen LogP contribution is 2.29. The molecule has 0 bridgehead atoms. The van der Waals surface area contributed by atoms with Crippen LogP contribution in [0.5, 0.6) is 0 Å². The number of aromatic nitrogens is 2. The molecule has 1 aromatic heterocycles. The minimum absolute atomic E-state index is 0.0617. The Morgan fingerprint density at radius 2 is 2.06 bits per heavy atom. The average molecular weight is 472 g/mol. The van der Waals surface area contributed by atoms with E-state index >= 15 is 0 Å². The molecule has 1 aromatic carbocycles. The van der Waals surface area contributed by atoms with E-state index in [1.54, 1.807) is 0 Å². The van der Waals surface area contributed by atoms with Crippen molar-refractivity contribution in [3.8, 4) is 0 Å². The van der Waals surface area contributed by atoms with Crippen LogP contribution in [0.25, 0.3) is 0 Å². The summed E-state index contributed by atoms with van der Waals surface area (Å²) in [5.41, 5.74) is 5.85. The maximum absolute atomic E-state index is 14.0. The highest BCUT2D eigenvalue weighted by atomic mass is 35.5. The second-order valence-electron chi connectivity index (χ2n) is 7.83. The van der Waals surface area contributed by atoms with Crippen molar-refractivity contribution in [2.45, 2.75) is 37.8 Å². The van der Waals surface area contributed by atoms with Crippen LogP contribution in [-0.2, 0) is 28.9 Å². The van der Waals surface area contributed by atoms with E-state index in [1.165, 1.54) is 19.2 Å². The summed E-state index contributed by atoms with van der Waals surface area (Å²) >= 11 is 5.87. The molecule has 2 aliphatic rings. The predicted molar refractivity (Wildman–Crippen MR) is 114 cm³/mol. The van der Waals surface area contributed by atoms with Gasteiger partial charge in [0.1, 0.15) is 11.6 Å². The molecule has 1 aliphatic heterocycles. The summed E-state index contributed by atoms with van der Waals surface area (Å²) in [6.07, 6.45) is -0.206. The van der Waals surface area contributed by atoms with Crippen LogP contribution >= 0.6 is 11.6 Å². The van der Waals surface area contributed by atoms with E-state index in [1.807, 2.05) is 11.9 Å². The van der Waals surface area contributed by atoms with Crippen molar-refractivity contribution in [1.29, 1.82) is 0 Å². The number of amides is 1. The number of nitrogens with zero attached hydrogens (tertiary/aromatic N) is 3. The largest absolute Gasteiger partial charge is 0.367 e. The van der Waals surface area contributed by atoms with Crippen molar-refractivity contribution in [1.82, 2.24) is 14.9 Å². The fourth-order valence-corrected chi connectivity index (χ4v) is 4.03. The van der Waals surface area contributed by atoms with Crippen LogP contribution in [-0.4, -0.2) is 53.6 Å². The second kappa shape index (κ2) is 10.0. The monoisotopic (exact) mass is 471 g/mol. The normalized spacial score (nSPS) is 16.7. The third-order valence-electron chi connectivity index (χ3n) is 5.59. The molecule has 174 valence electrons. The smallest absolute Gasteiger partial charge is 0.266 e. The molecule has 7 nitrogen and oxygen atoms in total. The molecular formula is C21H25ClF3N5O2. The number of hydrogen-bond donors (Lipinski definition) is 2. The average Bonchev–Trinajstić information content (AvgIpc) is 3.18. The maximum Gasteiger partial charge on any atom is 0.266 e. The van der Waals surface area contributed by atoms with Crippen LogP contribution in [0.2, 0.25) is 5.28 Å². The van der Waals surface area contributed by atoms with E-state index in [9.17, 15) is 18.0 Å². The van der Waals surface area contributed by atoms with Gasteiger partial charge in [-0.1, -0.05) is 18.2 Å².